The van der Waals surface area contributed by atoms with E-state index in [9.17, 15) is 43.2 Å². The van der Waals surface area contributed by atoms with Crippen LogP contribution in [0.15, 0.2) is 0 Å². The first-order valence-corrected chi connectivity index (χ1v) is 17.0. The van der Waals surface area contributed by atoms with Gasteiger partial charge < -0.3 is 57.4 Å². The lowest BCUT2D eigenvalue weighted by molar-refractivity contribution is -0.345. The first-order chi connectivity index (χ1) is 26.0. The van der Waals surface area contributed by atoms with Crippen molar-refractivity contribution in [2.45, 2.75) is 136 Å². The van der Waals surface area contributed by atoms with Crippen molar-refractivity contribution in [3.8, 4) is 0 Å². The topological polar surface area (TPSA) is 288 Å². The molecule has 2 saturated heterocycles. The largest absolute Gasteiger partial charge is 0.463 e. The van der Waals surface area contributed by atoms with Gasteiger partial charge in [-0.1, -0.05) is 0 Å². The summed E-state index contributed by atoms with van der Waals surface area (Å²) in [5, 5.41) is 2.37. The molecule has 0 saturated carbocycles. The van der Waals surface area contributed by atoms with E-state index in [1.165, 1.54) is 0 Å². The Kier molecular flexibility index (Phi) is 17.8. The molecule has 316 valence electrons. The Morgan fingerprint density at radius 3 is 1.43 bits per heavy atom. The number of hydrogen-bond donors (Lipinski definition) is 2. The van der Waals surface area contributed by atoms with Crippen LogP contribution in [-0.4, -0.2) is 141 Å². The van der Waals surface area contributed by atoms with Gasteiger partial charge in [-0.15, -0.1) is 0 Å². The highest BCUT2D eigenvalue weighted by Crippen LogP contribution is 2.35. The molecule has 10 atom stereocenters. The zero-order valence-electron chi connectivity index (χ0n) is 32.5. The van der Waals surface area contributed by atoms with Crippen LogP contribution in [0.25, 0.3) is 0 Å². The number of hydroxylamine groups is 1. The van der Waals surface area contributed by atoms with Gasteiger partial charge in [0.15, 0.2) is 49.6 Å². The van der Waals surface area contributed by atoms with E-state index in [2.05, 4.69) is 5.32 Å². The number of carbonyl (C=O) groups is 9. The van der Waals surface area contributed by atoms with Crippen molar-refractivity contribution in [2.75, 3.05) is 19.8 Å². The lowest BCUT2D eigenvalue weighted by atomic mass is 9.95. The Morgan fingerprint density at radius 1 is 0.536 bits per heavy atom. The Morgan fingerprint density at radius 2 is 0.964 bits per heavy atom. The van der Waals surface area contributed by atoms with Crippen LogP contribution in [0.5, 0.6) is 0 Å². The maximum Gasteiger partial charge on any atom is 0.431 e. The van der Waals surface area contributed by atoms with Gasteiger partial charge in [0, 0.05) is 48.5 Å². The van der Waals surface area contributed by atoms with Gasteiger partial charge in [0.1, 0.15) is 37.1 Å². The van der Waals surface area contributed by atoms with Crippen LogP contribution < -0.4 is 10.8 Å². The quantitative estimate of drug-likeness (QED) is 0.116. The van der Waals surface area contributed by atoms with Crippen LogP contribution in [0.1, 0.15) is 69.2 Å². The highest BCUT2D eigenvalue weighted by atomic mass is 16.8. The van der Waals surface area contributed by atoms with Crippen LogP contribution in [0, 0.1) is 0 Å². The molecule has 2 aliphatic heterocycles. The fourth-order valence-corrected chi connectivity index (χ4v) is 5.29. The van der Waals surface area contributed by atoms with E-state index in [1.54, 1.807) is 20.8 Å². The van der Waals surface area contributed by atoms with Crippen molar-refractivity contribution >= 4 is 53.8 Å². The molecule has 0 radical (unpaired) electrons. The molecule has 0 spiro atoms. The molecule has 2 rings (SSSR count). The molecule has 0 aliphatic carbocycles. The first-order valence-electron chi connectivity index (χ1n) is 17.0. The normalized spacial score (nSPS) is 27.2. The van der Waals surface area contributed by atoms with E-state index in [-0.39, 0.29) is 0 Å². The smallest absolute Gasteiger partial charge is 0.431 e. The molecule has 5 unspecified atom stereocenters. The predicted octanol–water partition coefficient (Wildman–Crippen LogP) is -0.821. The summed E-state index contributed by atoms with van der Waals surface area (Å²) < 4.78 is 60.8. The van der Waals surface area contributed by atoms with Gasteiger partial charge in [0.2, 0.25) is 0 Å². The molecule has 0 aromatic rings. The van der Waals surface area contributed by atoms with E-state index in [1.807, 2.05) is 5.48 Å². The van der Waals surface area contributed by atoms with Crippen molar-refractivity contribution in [1.82, 2.24) is 10.8 Å². The minimum Gasteiger partial charge on any atom is -0.463 e. The summed E-state index contributed by atoms with van der Waals surface area (Å²) in [6, 6.07) is 0. The highest BCUT2D eigenvalue weighted by Gasteiger charge is 2.57. The van der Waals surface area contributed by atoms with Gasteiger partial charge in [-0.2, -0.15) is 5.48 Å². The average molecular weight is 809 g/mol. The highest BCUT2D eigenvalue weighted by molar-refractivity contribution is 5.78. The number of amides is 2. The molecule has 2 amide bonds. The van der Waals surface area contributed by atoms with Gasteiger partial charge in [-0.05, 0) is 20.8 Å². The van der Waals surface area contributed by atoms with Gasteiger partial charge >= 0.3 is 47.9 Å². The fourth-order valence-electron chi connectivity index (χ4n) is 5.29. The third-order valence-electron chi connectivity index (χ3n) is 6.99. The third kappa shape index (κ3) is 15.9. The molecule has 0 aromatic carbocycles. The minimum atomic E-state index is -1.89. The van der Waals surface area contributed by atoms with Crippen molar-refractivity contribution in [3.05, 3.63) is 0 Å². The summed E-state index contributed by atoms with van der Waals surface area (Å²) in [6.45, 7) is 9.72. The van der Waals surface area contributed by atoms with Crippen molar-refractivity contribution < 1.29 is 100 Å². The summed E-state index contributed by atoms with van der Waals surface area (Å²) in [6.07, 6.45) is -17.9. The fraction of sp³-hybridized carbons (Fsp3) is 0.727. The summed E-state index contributed by atoms with van der Waals surface area (Å²) in [5.41, 5.74) is 1.02. The second-order valence-electron chi connectivity index (χ2n) is 13.2. The summed E-state index contributed by atoms with van der Waals surface area (Å²) >= 11 is 0. The molecule has 2 aliphatic rings. The molecule has 23 heteroatoms. The lowest BCUT2D eigenvalue weighted by Gasteiger charge is -2.48. The van der Waals surface area contributed by atoms with Crippen molar-refractivity contribution in [2.24, 2.45) is 0 Å². The van der Waals surface area contributed by atoms with Crippen molar-refractivity contribution in [1.29, 1.82) is 0 Å². The molecular formula is C33H48N2O21. The van der Waals surface area contributed by atoms with Crippen LogP contribution >= 0.6 is 0 Å². The standard InChI is InChI=1S/C33H48N2O21/c1-14(36)45-11-21-25(55-31-29(52-20(7)42)27(50-18(5)40)24(48-16(3)38)22(54-31)12-46-15(2)37)26(49-17(4)39)28(51-19(6)41)30(53-21)34-23(43)13-47-35-32(44)56-33(8,9)10/h21-22,24-31H,11-13H2,1-10H3,(H,34,43)(H,35,44)/t21?,22?,24-,25-,26?,27?,28?,29+,30+,31-/m0/s1. The zero-order valence-corrected chi connectivity index (χ0v) is 32.5. The SMILES string of the molecule is CC(=O)OCC1O[C@@H](NC(=O)CONC(=O)OC(C)(C)C)C(OC(C)=O)C(OC(C)=O)[C@H]1O[C@@H]1OC(COC(C)=O)[C@H](OC(C)=O)C(OC(C)=O)[C@H]1OC(C)=O. The van der Waals surface area contributed by atoms with Gasteiger partial charge in [0.25, 0.3) is 5.91 Å². The number of esters is 7. The summed E-state index contributed by atoms with van der Waals surface area (Å²) in [5.74, 6) is -7.36. The molecule has 2 N–H and O–H groups in total. The zero-order chi connectivity index (χ0) is 42.5. The Balaban J connectivity index is 2.64. The molecule has 56 heavy (non-hydrogen) atoms. The number of hydrogen-bond acceptors (Lipinski definition) is 21. The van der Waals surface area contributed by atoms with Gasteiger partial charge in [0.05, 0.1) is 0 Å². The van der Waals surface area contributed by atoms with E-state index >= 15 is 0 Å². The summed E-state index contributed by atoms with van der Waals surface area (Å²) in [4.78, 5) is 115. The average Bonchev–Trinajstić information content (AvgIpc) is 3.02. The molecular weight excluding hydrogens is 760 g/mol. The first kappa shape index (κ1) is 47.0. The molecule has 2 heterocycles. The predicted molar refractivity (Wildman–Crippen MR) is 177 cm³/mol. The maximum atomic E-state index is 13.0. The lowest BCUT2D eigenvalue weighted by Crippen LogP contribution is -2.69. The Bertz CT molecular complexity index is 1460. The molecule has 2 fully saturated rings. The Hall–Kier alpha value is -5.13. The van der Waals surface area contributed by atoms with Gasteiger partial charge in [-0.25, -0.2) is 4.79 Å². The van der Waals surface area contributed by atoms with Crippen LogP contribution in [0.2, 0.25) is 0 Å². The van der Waals surface area contributed by atoms with Crippen LogP contribution in [-0.2, 0) is 95.3 Å². The Labute approximate surface area is 320 Å². The number of ether oxygens (including phenoxy) is 11. The van der Waals surface area contributed by atoms with E-state index in [4.69, 9.17) is 56.9 Å². The van der Waals surface area contributed by atoms with Crippen LogP contribution in [0.4, 0.5) is 4.79 Å². The molecule has 0 bridgehead atoms. The van der Waals surface area contributed by atoms with E-state index < -0.39 is 141 Å². The number of nitrogens with one attached hydrogen (secondary N) is 2. The third-order valence-corrected chi connectivity index (χ3v) is 6.99. The second-order valence-corrected chi connectivity index (χ2v) is 13.2. The molecule has 23 nitrogen and oxygen atoms in total. The number of rotatable bonds is 15. The van der Waals surface area contributed by atoms with E-state index in [0.29, 0.717) is 0 Å². The second kappa shape index (κ2) is 21.2. The summed E-state index contributed by atoms with van der Waals surface area (Å²) in [7, 11) is 0. The maximum absolute atomic E-state index is 13.0. The van der Waals surface area contributed by atoms with E-state index in [0.717, 1.165) is 48.5 Å². The van der Waals surface area contributed by atoms with Gasteiger partial charge in [-0.3, -0.25) is 43.2 Å². The minimum absolute atomic E-state index is 0.627. The monoisotopic (exact) mass is 808 g/mol. The van der Waals surface area contributed by atoms with Crippen LogP contribution in [0.3, 0.4) is 0 Å². The molecule has 0 aromatic heterocycles. The van der Waals surface area contributed by atoms with Crippen molar-refractivity contribution in [3.63, 3.8) is 0 Å². The number of carbonyl (C=O) groups excluding carboxylic acids is 9.